The van der Waals surface area contributed by atoms with E-state index in [0.29, 0.717) is 22.9 Å². The first-order valence-electron chi connectivity index (χ1n) is 10.1. The first kappa shape index (κ1) is 20.2. The van der Waals surface area contributed by atoms with Crippen molar-refractivity contribution >= 4 is 28.8 Å². The van der Waals surface area contributed by atoms with Crippen LogP contribution < -0.4 is 15.4 Å². The topological polar surface area (TPSA) is 67.4 Å². The van der Waals surface area contributed by atoms with Crippen molar-refractivity contribution in [3.05, 3.63) is 81.5 Å². The molecule has 6 heteroatoms. The Balaban J connectivity index is 1.63. The molecular formula is C24H24N2O3S. The van der Waals surface area contributed by atoms with Crippen LogP contribution in [0.5, 0.6) is 5.75 Å². The lowest BCUT2D eigenvalue weighted by atomic mass is 9.95. The molecule has 1 aliphatic rings. The number of carbonyl (C=O) groups is 2. The maximum atomic E-state index is 13.2. The van der Waals surface area contributed by atoms with Gasteiger partial charge in [0, 0.05) is 4.88 Å². The fourth-order valence-electron chi connectivity index (χ4n) is 3.53. The average Bonchev–Trinajstić information content (AvgIpc) is 3.31. The van der Waals surface area contributed by atoms with E-state index in [-0.39, 0.29) is 24.5 Å². The van der Waals surface area contributed by atoms with Crippen molar-refractivity contribution in [2.24, 2.45) is 0 Å². The molecule has 154 valence electrons. The Morgan fingerprint density at radius 2 is 1.90 bits per heavy atom. The van der Waals surface area contributed by atoms with E-state index in [0.717, 1.165) is 16.9 Å². The summed E-state index contributed by atoms with van der Waals surface area (Å²) in [5.74, 6) is 0.439. The van der Waals surface area contributed by atoms with E-state index >= 15 is 0 Å². The van der Waals surface area contributed by atoms with Gasteiger partial charge in [0.25, 0.3) is 11.8 Å². The van der Waals surface area contributed by atoms with Crippen molar-refractivity contribution in [2.75, 3.05) is 11.9 Å². The highest BCUT2D eigenvalue weighted by Gasteiger charge is 2.25. The Morgan fingerprint density at radius 1 is 1.13 bits per heavy atom. The summed E-state index contributed by atoms with van der Waals surface area (Å²) in [5, 5.41) is 7.91. The molecule has 0 radical (unpaired) electrons. The number of anilines is 1. The summed E-state index contributed by atoms with van der Waals surface area (Å²) in [6.45, 7) is 4.30. The number of para-hydroxylation sites is 1. The zero-order chi connectivity index (χ0) is 21.1. The Morgan fingerprint density at radius 3 is 2.60 bits per heavy atom. The van der Waals surface area contributed by atoms with Gasteiger partial charge in [-0.1, -0.05) is 50.2 Å². The first-order chi connectivity index (χ1) is 14.6. The van der Waals surface area contributed by atoms with Crippen LogP contribution in [0.2, 0.25) is 0 Å². The zero-order valence-corrected chi connectivity index (χ0v) is 17.8. The number of hydrogen-bond donors (Lipinski definition) is 2. The summed E-state index contributed by atoms with van der Waals surface area (Å²) in [5.41, 5.74) is 3.24. The van der Waals surface area contributed by atoms with Crippen molar-refractivity contribution in [1.82, 2.24) is 5.32 Å². The summed E-state index contributed by atoms with van der Waals surface area (Å²) >= 11 is 1.60. The molecule has 2 heterocycles. The van der Waals surface area contributed by atoms with Gasteiger partial charge in [0.1, 0.15) is 0 Å². The van der Waals surface area contributed by atoms with Crippen molar-refractivity contribution in [1.29, 1.82) is 0 Å². The van der Waals surface area contributed by atoms with Gasteiger partial charge in [-0.2, -0.15) is 0 Å². The molecule has 0 saturated carbocycles. The quantitative estimate of drug-likeness (QED) is 0.582. The molecule has 2 aromatic carbocycles. The maximum Gasteiger partial charge on any atom is 0.262 e. The second-order valence-electron chi connectivity index (χ2n) is 7.42. The number of nitrogens with one attached hydrogen (secondary N) is 2. The second-order valence-corrected chi connectivity index (χ2v) is 8.40. The Labute approximate surface area is 180 Å². The number of ether oxygens (including phenoxy) is 1. The minimum absolute atomic E-state index is 0.0945. The van der Waals surface area contributed by atoms with E-state index in [4.69, 9.17) is 4.74 Å². The third-order valence-electron chi connectivity index (χ3n) is 5.44. The molecule has 30 heavy (non-hydrogen) atoms. The largest absolute Gasteiger partial charge is 0.481 e. The molecule has 5 nitrogen and oxygen atoms in total. The van der Waals surface area contributed by atoms with Crippen LogP contribution in [0.4, 0.5) is 5.69 Å². The molecule has 0 spiro atoms. The van der Waals surface area contributed by atoms with Crippen LogP contribution in [-0.2, 0) is 4.79 Å². The number of hydrogen-bond acceptors (Lipinski definition) is 4. The van der Waals surface area contributed by atoms with Crippen LogP contribution in [0.15, 0.2) is 60.0 Å². The first-order valence-corrected chi connectivity index (χ1v) is 10.9. The Kier molecular flexibility index (Phi) is 5.86. The smallest absolute Gasteiger partial charge is 0.262 e. The lowest BCUT2D eigenvalue weighted by Gasteiger charge is -2.23. The molecule has 2 N–H and O–H groups in total. The van der Waals surface area contributed by atoms with Gasteiger partial charge in [0.15, 0.2) is 12.4 Å². The van der Waals surface area contributed by atoms with Gasteiger partial charge in [-0.05, 0) is 47.0 Å². The van der Waals surface area contributed by atoms with Crippen LogP contribution in [0.3, 0.4) is 0 Å². The summed E-state index contributed by atoms with van der Waals surface area (Å²) in [6.07, 6.45) is 1.08. The van der Waals surface area contributed by atoms with E-state index < -0.39 is 0 Å². The fraction of sp³-hybridized carbons (Fsp3) is 0.250. The van der Waals surface area contributed by atoms with E-state index in [1.807, 2.05) is 17.5 Å². The molecule has 2 atom stereocenters. The molecule has 0 saturated heterocycles. The molecular weight excluding hydrogens is 396 g/mol. The molecule has 2 unspecified atom stereocenters. The van der Waals surface area contributed by atoms with Gasteiger partial charge < -0.3 is 15.4 Å². The zero-order valence-electron chi connectivity index (χ0n) is 17.0. The lowest BCUT2D eigenvalue weighted by Crippen LogP contribution is -2.31. The minimum atomic E-state index is -0.266. The van der Waals surface area contributed by atoms with Gasteiger partial charge in [-0.15, -0.1) is 11.3 Å². The normalized spacial score (nSPS) is 14.8. The molecule has 0 bridgehead atoms. The summed E-state index contributed by atoms with van der Waals surface area (Å²) in [7, 11) is 0. The van der Waals surface area contributed by atoms with E-state index in [2.05, 4.69) is 48.7 Å². The minimum Gasteiger partial charge on any atom is -0.481 e. The fourth-order valence-corrected chi connectivity index (χ4v) is 4.33. The molecule has 0 fully saturated rings. The lowest BCUT2D eigenvalue weighted by molar-refractivity contribution is -0.118. The van der Waals surface area contributed by atoms with E-state index in [1.165, 1.54) is 5.56 Å². The SMILES string of the molecule is CCC(C)c1ccc(C(NC(=O)c2cccc3c2OCC(=O)N3)c2cccs2)cc1. The summed E-state index contributed by atoms with van der Waals surface area (Å²) < 4.78 is 5.55. The predicted molar refractivity (Wildman–Crippen MR) is 119 cm³/mol. The standard InChI is InChI=1S/C24H24N2O3S/c1-3-15(2)16-9-11-17(12-10-16)22(20-8-5-13-30-20)26-24(28)18-6-4-7-19-23(18)29-14-21(27)25-19/h4-13,15,22H,3,14H2,1-2H3,(H,25,27)(H,26,28). The molecule has 2 amide bonds. The number of amides is 2. The van der Waals surface area contributed by atoms with Crippen LogP contribution in [-0.4, -0.2) is 18.4 Å². The van der Waals surface area contributed by atoms with Crippen molar-refractivity contribution in [2.45, 2.75) is 32.2 Å². The van der Waals surface area contributed by atoms with Gasteiger partial charge in [0.05, 0.1) is 17.3 Å². The van der Waals surface area contributed by atoms with E-state index in [1.54, 1.807) is 29.5 Å². The third-order valence-corrected chi connectivity index (χ3v) is 6.37. The van der Waals surface area contributed by atoms with Crippen molar-refractivity contribution in [3.63, 3.8) is 0 Å². The van der Waals surface area contributed by atoms with Gasteiger partial charge in [-0.3, -0.25) is 9.59 Å². The molecule has 3 aromatic rings. The Hall–Kier alpha value is -3.12. The number of benzene rings is 2. The third kappa shape index (κ3) is 4.09. The number of rotatable bonds is 6. The van der Waals surface area contributed by atoms with E-state index in [9.17, 15) is 9.59 Å². The molecule has 1 aromatic heterocycles. The average molecular weight is 421 g/mol. The van der Waals surface area contributed by atoms with Crippen molar-refractivity contribution < 1.29 is 14.3 Å². The van der Waals surface area contributed by atoms with Crippen LogP contribution >= 0.6 is 11.3 Å². The van der Waals surface area contributed by atoms with Gasteiger partial charge >= 0.3 is 0 Å². The summed E-state index contributed by atoms with van der Waals surface area (Å²) in [6, 6.07) is 17.4. The number of fused-ring (bicyclic) bond motifs is 1. The maximum absolute atomic E-state index is 13.2. The molecule has 0 aliphatic carbocycles. The van der Waals surface area contributed by atoms with Crippen LogP contribution in [0.25, 0.3) is 0 Å². The highest BCUT2D eigenvalue weighted by atomic mass is 32.1. The van der Waals surface area contributed by atoms with Gasteiger partial charge in [-0.25, -0.2) is 0 Å². The number of carbonyl (C=O) groups excluding carboxylic acids is 2. The molecule has 4 rings (SSSR count). The van der Waals surface area contributed by atoms with Crippen LogP contribution in [0, 0.1) is 0 Å². The second kappa shape index (κ2) is 8.71. The molecule has 1 aliphatic heterocycles. The summed E-state index contributed by atoms with van der Waals surface area (Å²) in [4.78, 5) is 25.8. The predicted octanol–water partition coefficient (Wildman–Crippen LogP) is 5.11. The van der Waals surface area contributed by atoms with Crippen LogP contribution in [0.1, 0.15) is 58.6 Å². The van der Waals surface area contributed by atoms with Gasteiger partial charge in [0.2, 0.25) is 0 Å². The monoisotopic (exact) mass is 420 g/mol. The Bertz CT molecular complexity index is 1040. The highest BCUT2D eigenvalue weighted by Crippen LogP contribution is 2.33. The van der Waals surface area contributed by atoms with Crippen molar-refractivity contribution in [3.8, 4) is 5.75 Å². The highest BCUT2D eigenvalue weighted by molar-refractivity contribution is 7.10. The number of thiophene rings is 1.